The Morgan fingerprint density at radius 2 is 1.79 bits per heavy atom. The molecule has 0 spiro atoms. The van der Waals surface area contributed by atoms with Crippen LogP contribution in [0.2, 0.25) is 0 Å². The quantitative estimate of drug-likeness (QED) is 0.319. The fraction of sp³-hybridized carbons (Fsp3) is 0.367. The van der Waals surface area contributed by atoms with Crippen LogP contribution in [-0.4, -0.2) is 76.9 Å². The lowest BCUT2D eigenvalue weighted by Gasteiger charge is -2.34. The molecular weight excluding hydrogens is 624 g/mol. The number of fused-ring (bicyclic) bond motifs is 2. The Bertz CT molecular complexity index is 1630. The number of aldehydes is 1. The molecule has 1 heterocycles. The summed E-state index contributed by atoms with van der Waals surface area (Å²) in [5.41, 5.74) is 0.621. The van der Waals surface area contributed by atoms with Crippen LogP contribution in [0.15, 0.2) is 59.1 Å². The molecule has 0 fully saturated rings. The molecule has 0 aliphatic carbocycles. The van der Waals surface area contributed by atoms with E-state index in [9.17, 15) is 22.8 Å². The summed E-state index contributed by atoms with van der Waals surface area (Å²) in [6.45, 7) is 3.57. The number of hydrogen-bond acceptors (Lipinski definition) is 8. The van der Waals surface area contributed by atoms with Crippen molar-refractivity contribution in [2.75, 3.05) is 42.5 Å². The number of carbonyl (C=O) groups excluding carboxylic acids is 3. The average molecular weight is 660 g/mol. The summed E-state index contributed by atoms with van der Waals surface area (Å²) in [4.78, 5) is 42.9. The summed E-state index contributed by atoms with van der Waals surface area (Å²) < 4.78 is 31.0. The standard InChI is InChI=1S/C30H35BrN4O6S/c1-19-28(33-17-30(2,18-36)32-3)29(38)34(15-22-20-9-8-10-23(31)21(20)13-14-26(22)41-4)24-11-6-7-12-25(24)35(19)27(37)16-42(5,39)40/h6-14,18-19,28,32-33H,15-17H2,1-5H3. The van der Waals surface area contributed by atoms with Crippen molar-refractivity contribution >= 4 is 66.0 Å². The predicted octanol–water partition coefficient (Wildman–Crippen LogP) is 3.06. The number of anilines is 2. The highest BCUT2D eigenvalue weighted by Gasteiger charge is 2.42. The van der Waals surface area contributed by atoms with Gasteiger partial charge in [0.15, 0.2) is 9.84 Å². The molecule has 3 aromatic rings. The highest BCUT2D eigenvalue weighted by Crippen LogP contribution is 2.39. The zero-order valence-corrected chi connectivity index (χ0v) is 26.6. The molecule has 1 aliphatic heterocycles. The first-order chi connectivity index (χ1) is 19.8. The van der Waals surface area contributed by atoms with Gasteiger partial charge in [-0.15, -0.1) is 0 Å². The second kappa shape index (κ2) is 12.5. The fourth-order valence-corrected chi connectivity index (χ4v) is 6.31. The minimum Gasteiger partial charge on any atom is -0.496 e. The monoisotopic (exact) mass is 658 g/mol. The number of ether oxygens (including phenoxy) is 1. The van der Waals surface area contributed by atoms with E-state index in [4.69, 9.17) is 4.74 Å². The highest BCUT2D eigenvalue weighted by atomic mass is 79.9. The van der Waals surface area contributed by atoms with Gasteiger partial charge in [0.05, 0.1) is 36.6 Å². The van der Waals surface area contributed by atoms with Crippen LogP contribution in [0.1, 0.15) is 19.4 Å². The van der Waals surface area contributed by atoms with Crippen LogP contribution in [0.5, 0.6) is 5.75 Å². The first-order valence-corrected chi connectivity index (χ1v) is 16.2. The van der Waals surface area contributed by atoms with Crippen LogP contribution in [0.3, 0.4) is 0 Å². The van der Waals surface area contributed by atoms with E-state index in [-0.39, 0.29) is 19.0 Å². The summed E-state index contributed by atoms with van der Waals surface area (Å²) in [7, 11) is -0.463. The Hall–Kier alpha value is -3.32. The SMILES string of the molecule is CNC(C)(C=O)CNC1C(=O)N(Cc2c(OC)ccc3c(Br)cccc23)c2ccccc2N(C(=O)CS(C)(=O)=O)C1C. The van der Waals surface area contributed by atoms with Crippen LogP contribution in [0.25, 0.3) is 10.8 Å². The Kier molecular flexibility index (Phi) is 9.41. The number of nitrogens with zero attached hydrogens (tertiary/aromatic N) is 2. The lowest BCUT2D eigenvalue weighted by molar-refractivity contribution is -0.122. The van der Waals surface area contributed by atoms with Crippen molar-refractivity contribution in [3.63, 3.8) is 0 Å². The van der Waals surface area contributed by atoms with Crippen LogP contribution in [-0.2, 0) is 30.8 Å². The number of benzene rings is 3. The van der Waals surface area contributed by atoms with Crippen LogP contribution >= 0.6 is 15.9 Å². The van der Waals surface area contributed by atoms with E-state index in [1.807, 2.05) is 30.3 Å². The summed E-state index contributed by atoms with van der Waals surface area (Å²) in [6, 6.07) is 14.7. The van der Waals surface area contributed by atoms with Crippen LogP contribution < -0.4 is 25.2 Å². The van der Waals surface area contributed by atoms with Gasteiger partial charge >= 0.3 is 0 Å². The van der Waals surface area contributed by atoms with Gasteiger partial charge in [0.2, 0.25) is 11.8 Å². The van der Waals surface area contributed by atoms with E-state index < -0.39 is 39.1 Å². The molecule has 0 bridgehead atoms. The minimum atomic E-state index is -3.67. The topological polar surface area (TPSA) is 125 Å². The summed E-state index contributed by atoms with van der Waals surface area (Å²) >= 11 is 3.61. The zero-order chi connectivity index (χ0) is 30.8. The number of methoxy groups -OCH3 is 1. The number of carbonyl (C=O) groups is 3. The molecule has 1 aliphatic rings. The molecule has 224 valence electrons. The molecule has 3 atom stereocenters. The number of amides is 2. The van der Waals surface area contributed by atoms with Crippen molar-refractivity contribution in [3.8, 4) is 5.75 Å². The van der Waals surface area contributed by atoms with Gasteiger partial charge in [-0.25, -0.2) is 8.42 Å². The Balaban J connectivity index is 1.91. The number of nitrogens with one attached hydrogen (secondary N) is 2. The van der Waals surface area contributed by atoms with Crippen molar-refractivity contribution in [1.82, 2.24) is 10.6 Å². The van der Waals surface area contributed by atoms with Crippen molar-refractivity contribution in [1.29, 1.82) is 0 Å². The summed E-state index contributed by atoms with van der Waals surface area (Å²) in [6.07, 6.45) is 1.75. The molecule has 3 unspecified atom stereocenters. The second-order valence-electron chi connectivity index (χ2n) is 10.7. The van der Waals surface area contributed by atoms with E-state index >= 15 is 0 Å². The first kappa shape index (κ1) is 31.6. The molecular formula is C30H35BrN4O6S. The average Bonchev–Trinajstić information content (AvgIpc) is 3.03. The highest BCUT2D eigenvalue weighted by molar-refractivity contribution is 9.10. The molecule has 10 nitrogen and oxygen atoms in total. The van der Waals surface area contributed by atoms with E-state index in [1.165, 1.54) is 4.90 Å². The van der Waals surface area contributed by atoms with E-state index in [0.29, 0.717) is 17.1 Å². The van der Waals surface area contributed by atoms with Gasteiger partial charge in [0.1, 0.15) is 23.8 Å². The van der Waals surface area contributed by atoms with Crippen molar-refractivity contribution in [3.05, 3.63) is 64.6 Å². The Labute approximate surface area is 254 Å². The maximum atomic E-state index is 14.5. The normalized spacial score (nSPS) is 18.8. The molecule has 0 saturated heterocycles. The molecule has 2 amide bonds. The molecule has 0 radical (unpaired) electrons. The van der Waals surface area contributed by atoms with Gasteiger partial charge in [0.25, 0.3) is 0 Å². The smallest absolute Gasteiger partial charge is 0.246 e. The molecule has 12 heteroatoms. The first-order valence-electron chi connectivity index (χ1n) is 13.4. The maximum absolute atomic E-state index is 14.5. The van der Waals surface area contributed by atoms with E-state index in [1.54, 1.807) is 57.2 Å². The third kappa shape index (κ3) is 6.36. The molecule has 42 heavy (non-hydrogen) atoms. The largest absolute Gasteiger partial charge is 0.496 e. The predicted molar refractivity (Wildman–Crippen MR) is 168 cm³/mol. The van der Waals surface area contributed by atoms with Crippen LogP contribution in [0, 0.1) is 0 Å². The number of sulfone groups is 1. The van der Waals surface area contributed by atoms with Crippen molar-refractivity contribution in [2.24, 2.45) is 0 Å². The number of hydrogen-bond donors (Lipinski definition) is 2. The number of rotatable bonds is 10. The van der Waals surface area contributed by atoms with Gasteiger partial charge < -0.3 is 30.0 Å². The Morgan fingerprint density at radius 1 is 1.10 bits per heavy atom. The second-order valence-corrected chi connectivity index (χ2v) is 13.7. The molecule has 4 rings (SSSR count). The molecule has 0 aromatic heterocycles. The minimum absolute atomic E-state index is 0.0799. The maximum Gasteiger partial charge on any atom is 0.246 e. The van der Waals surface area contributed by atoms with Gasteiger partial charge in [-0.3, -0.25) is 9.59 Å². The van der Waals surface area contributed by atoms with Crippen LogP contribution in [0.4, 0.5) is 11.4 Å². The van der Waals surface area contributed by atoms with E-state index in [0.717, 1.165) is 33.4 Å². The third-order valence-electron chi connectivity index (χ3n) is 7.64. The Morgan fingerprint density at radius 3 is 2.40 bits per heavy atom. The fourth-order valence-electron chi connectivity index (χ4n) is 5.22. The number of para-hydroxylation sites is 2. The summed E-state index contributed by atoms with van der Waals surface area (Å²) in [5, 5.41) is 7.98. The lowest BCUT2D eigenvalue weighted by Crippen LogP contribution is -2.61. The lowest BCUT2D eigenvalue weighted by atomic mass is 10.0. The summed E-state index contributed by atoms with van der Waals surface area (Å²) in [5.74, 6) is -1.14. The van der Waals surface area contributed by atoms with Gasteiger partial charge in [-0.1, -0.05) is 40.2 Å². The molecule has 3 aromatic carbocycles. The van der Waals surface area contributed by atoms with Crippen molar-refractivity contribution < 1.29 is 27.5 Å². The van der Waals surface area contributed by atoms with Gasteiger partial charge in [0, 0.05) is 22.8 Å². The molecule has 2 N–H and O–H groups in total. The van der Waals surface area contributed by atoms with Gasteiger partial charge in [-0.2, -0.15) is 0 Å². The molecule has 0 saturated carbocycles. The van der Waals surface area contributed by atoms with Crippen molar-refractivity contribution in [2.45, 2.75) is 38.0 Å². The number of halogens is 1. The number of likely N-dealkylation sites (N-methyl/N-ethyl adjacent to an activating group) is 1. The van der Waals surface area contributed by atoms with E-state index in [2.05, 4.69) is 26.6 Å². The van der Waals surface area contributed by atoms with Gasteiger partial charge in [-0.05, 0) is 62.0 Å². The third-order valence-corrected chi connectivity index (χ3v) is 9.10. The zero-order valence-electron chi connectivity index (χ0n) is 24.2.